The lowest BCUT2D eigenvalue weighted by atomic mass is 9.78. The van der Waals surface area contributed by atoms with Crippen molar-refractivity contribution in [2.24, 2.45) is 5.41 Å². The van der Waals surface area contributed by atoms with Crippen LogP contribution in [0.15, 0.2) is 41.2 Å². The van der Waals surface area contributed by atoms with Crippen LogP contribution in [0.3, 0.4) is 0 Å². The van der Waals surface area contributed by atoms with E-state index in [4.69, 9.17) is 11.6 Å². The summed E-state index contributed by atoms with van der Waals surface area (Å²) < 4.78 is 41.5. The Morgan fingerprint density at radius 1 is 1.30 bits per heavy atom. The van der Waals surface area contributed by atoms with Crippen LogP contribution in [0.2, 0.25) is 0 Å². The maximum atomic E-state index is 13.4. The number of aromatic nitrogens is 5. The molecule has 7 nitrogen and oxygen atoms in total. The molecule has 1 aliphatic carbocycles. The Morgan fingerprint density at radius 3 is 2.67 bits per heavy atom. The van der Waals surface area contributed by atoms with Crippen LogP contribution in [0.5, 0.6) is 0 Å². The minimum atomic E-state index is -4.63. The maximum Gasteiger partial charge on any atom is 0.417 e. The van der Waals surface area contributed by atoms with E-state index in [0.717, 1.165) is 11.8 Å². The van der Waals surface area contributed by atoms with Gasteiger partial charge in [-0.15, -0.1) is 5.10 Å². The molecule has 0 bridgehead atoms. The molecule has 1 aliphatic heterocycles. The lowest BCUT2D eigenvalue weighted by Gasteiger charge is -2.40. The van der Waals surface area contributed by atoms with Crippen LogP contribution in [0, 0.1) is 5.41 Å². The summed E-state index contributed by atoms with van der Waals surface area (Å²) in [5.41, 5.74) is -1.15. The van der Waals surface area contributed by atoms with Crippen molar-refractivity contribution in [1.29, 1.82) is 0 Å². The maximum absolute atomic E-state index is 13.4. The van der Waals surface area contributed by atoms with Gasteiger partial charge in [-0.1, -0.05) is 29.0 Å². The molecule has 11 heteroatoms. The van der Waals surface area contributed by atoms with Crippen molar-refractivity contribution in [3.63, 3.8) is 0 Å². The predicted octanol–water partition coefficient (Wildman–Crippen LogP) is 3.52. The summed E-state index contributed by atoms with van der Waals surface area (Å²) in [7, 11) is 0. The molecule has 2 atom stereocenters. The molecular weight excluding hydrogens is 421 g/mol. The van der Waals surface area contributed by atoms with Gasteiger partial charge in [-0.3, -0.25) is 4.79 Å². The Bertz CT molecular complexity index is 1050. The second kappa shape index (κ2) is 7.19. The van der Waals surface area contributed by atoms with E-state index in [0.29, 0.717) is 18.1 Å². The molecule has 3 heterocycles. The first kappa shape index (κ1) is 20.5. The molecule has 0 N–H and O–H groups in total. The van der Waals surface area contributed by atoms with Crippen molar-refractivity contribution >= 4 is 17.5 Å². The molecule has 0 aromatic carbocycles. The quantitative estimate of drug-likeness (QED) is 0.717. The van der Waals surface area contributed by atoms with Crippen LogP contribution in [-0.2, 0) is 11.2 Å². The number of amides is 1. The number of hydrogen-bond acceptors (Lipinski definition) is 5. The van der Waals surface area contributed by atoms with Crippen molar-refractivity contribution in [2.75, 3.05) is 6.54 Å². The van der Waals surface area contributed by atoms with Gasteiger partial charge < -0.3 is 4.90 Å². The number of fused-ring (bicyclic) bond motifs is 1. The topological polar surface area (TPSA) is 76.8 Å². The van der Waals surface area contributed by atoms with E-state index < -0.39 is 34.1 Å². The molecule has 0 spiro atoms. The van der Waals surface area contributed by atoms with Gasteiger partial charge in [-0.25, -0.2) is 9.97 Å². The zero-order valence-corrected chi connectivity index (χ0v) is 16.9. The van der Waals surface area contributed by atoms with Crippen LogP contribution in [0.25, 0.3) is 5.95 Å². The second-order valence-corrected chi connectivity index (χ2v) is 7.85. The van der Waals surface area contributed by atoms with Gasteiger partial charge in [-0.05, 0) is 26.3 Å². The van der Waals surface area contributed by atoms with Gasteiger partial charge in [0.25, 0.3) is 5.95 Å². The minimum absolute atomic E-state index is 0.0882. The Kier molecular flexibility index (Phi) is 4.92. The fourth-order valence-electron chi connectivity index (χ4n) is 3.87. The third kappa shape index (κ3) is 3.19. The molecule has 4 rings (SSSR count). The lowest BCUT2D eigenvalue weighted by molar-refractivity contribution is -0.142. The monoisotopic (exact) mass is 438 g/mol. The Morgan fingerprint density at radius 2 is 2.00 bits per heavy atom. The van der Waals surface area contributed by atoms with Crippen LogP contribution >= 0.6 is 11.6 Å². The highest BCUT2D eigenvalue weighted by atomic mass is 35.5. The van der Waals surface area contributed by atoms with E-state index in [9.17, 15) is 18.0 Å². The molecule has 1 unspecified atom stereocenters. The van der Waals surface area contributed by atoms with Crippen molar-refractivity contribution in [1.82, 2.24) is 29.9 Å². The molecule has 0 saturated carbocycles. The molecule has 0 fully saturated rings. The summed E-state index contributed by atoms with van der Waals surface area (Å²) in [4.78, 5) is 23.2. The molecular formula is C19H18ClF3N6O. The number of nitrogens with zero attached hydrogens (tertiary/aromatic N) is 6. The van der Waals surface area contributed by atoms with Gasteiger partial charge in [0.05, 0.1) is 22.7 Å². The number of alkyl halides is 3. The van der Waals surface area contributed by atoms with E-state index >= 15 is 0 Å². The Balaban J connectivity index is 1.66. The Hall–Kier alpha value is -2.75. The second-order valence-electron chi connectivity index (χ2n) is 7.47. The van der Waals surface area contributed by atoms with Crippen molar-refractivity contribution < 1.29 is 18.0 Å². The average Bonchev–Trinajstić information content (AvgIpc) is 3.15. The van der Waals surface area contributed by atoms with E-state index in [2.05, 4.69) is 20.3 Å². The molecule has 2 aromatic rings. The van der Waals surface area contributed by atoms with E-state index in [1.54, 1.807) is 25.4 Å². The van der Waals surface area contributed by atoms with Gasteiger partial charge >= 0.3 is 6.18 Å². The van der Waals surface area contributed by atoms with Crippen LogP contribution in [-0.4, -0.2) is 48.5 Å². The number of allylic oxidation sites excluding steroid dienone is 3. The third-order valence-corrected chi connectivity index (χ3v) is 6.18. The smallest absolute Gasteiger partial charge is 0.333 e. The molecule has 158 valence electrons. The van der Waals surface area contributed by atoms with E-state index in [-0.39, 0.29) is 13.0 Å². The standard InChI is InChI=1S/C19H18ClF3N6O/c1-11-14-13(29(27-26-14)17-24-8-4-9-25-17)6-10-28(11)16(30)18(2)7-3-5-12(15(18)20)19(21,22)23/h3-5,8-9,11H,6-7,10H2,1-2H3/t11-,18?/m1/s1. The van der Waals surface area contributed by atoms with Crippen LogP contribution < -0.4 is 0 Å². The first-order valence-electron chi connectivity index (χ1n) is 9.31. The third-order valence-electron chi connectivity index (χ3n) is 5.56. The summed E-state index contributed by atoms with van der Waals surface area (Å²) in [5, 5.41) is 7.81. The molecule has 30 heavy (non-hydrogen) atoms. The van der Waals surface area contributed by atoms with E-state index in [1.165, 1.54) is 22.6 Å². The highest BCUT2D eigenvalue weighted by Gasteiger charge is 2.48. The zero-order chi connectivity index (χ0) is 21.7. The first-order valence-corrected chi connectivity index (χ1v) is 9.69. The minimum Gasteiger partial charge on any atom is -0.333 e. The van der Waals surface area contributed by atoms with Crippen molar-refractivity contribution in [3.8, 4) is 5.95 Å². The number of hydrogen-bond donors (Lipinski definition) is 0. The van der Waals surface area contributed by atoms with Crippen LogP contribution in [0.1, 0.15) is 37.7 Å². The SMILES string of the molecule is C[C@@H]1c2nnn(-c3ncccn3)c2CCN1C(=O)C1(C)CC=CC(C(F)(F)F)=C1Cl. The number of carbonyl (C=O) groups is 1. The summed E-state index contributed by atoms with van der Waals surface area (Å²) in [6, 6.07) is 1.20. The van der Waals surface area contributed by atoms with Gasteiger partial charge in [0.15, 0.2) is 0 Å². The highest BCUT2D eigenvalue weighted by molar-refractivity contribution is 6.33. The fraction of sp³-hybridized carbons (Fsp3) is 0.421. The number of carbonyl (C=O) groups excluding carboxylic acids is 1. The van der Waals surface area contributed by atoms with Gasteiger partial charge in [0.1, 0.15) is 5.69 Å². The normalized spacial score (nSPS) is 24.2. The molecule has 1 amide bonds. The molecule has 2 aliphatic rings. The molecule has 0 saturated heterocycles. The lowest BCUT2D eigenvalue weighted by Crippen LogP contribution is -2.48. The predicted molar refractivity (Wildman–Crippen MR) is 102 cm³/mol. The zero-order valence-electron chi connectivity index (χ0n) is 16.2. The molecule has 0 radical (unpaired) electrons. The largest absolute Gasteiger partial charge is 0.417 e. The van der Waals surface area contributed by atoms with E-state index in [1.807, 2.05) is 0 Å². The highest BCUT2D eigenvalue weighted by Crippen LogP contribution is 2.47. The fourth-order valence-corrected chi connectivity index (χ4v) is 4.20. The number of rotatable bonds is 2. The first-order chi connectivity index (χ1) is 14.1. The summed E-state index contributed by atoms with van der Waals surface area (Å²) in [6.45, 7) is 3.51. The van der Waals surface area contributed by atoms with Gasteiger partial charge in [0.2, 0.25) is 5.91 Å². The summed E-state index contributed by atoms with van der Waals surface area (Å²) in [5.74, 6) is -0.106. The van der Waals surface area contributed by atoms with Gasteiger partial charge in [0, 0.05) is 30.4 Å². The van der Waals surface area contributed by atoms with Crippen LogP contribution in [0.4, 0.5) is 13.2 Å². The van der Waals surface area contributed by atoms with Crippen molar-refractivity contribution in [2.45, 2.75) is 38.9 Å². The van der Waals surface area contributed by atoms with Gasteiger partial charge in [-0.2, -0.15) is 17.9 Å². The Labute approximate surface area is 175 Å². The number of halogens is 4. The summed E-state index contributed by atoms with van der Waals surface area (Å²) >= 11 is 6.13. The van der Waals surface area contributed by atoms with Crippen molar-refractivity contribution in [3.05, 3.63) is 52.6 Å². The molecule has 2 aromatic heterocycles. The average molecular weight is 439 g/mol. The summed E-state index contributed by atoms with van der Waals surface area (Å²) in [6.07, 6.45) is 1.32.